The minimum absolute atomic E-state index is 0.437. The second-order valence-corrected chi connectivity index (χ2v) is 5.79. The first-order chi connectivity index (χ1) is 10.1. The molecular formula is C15H27N5O. The van der Waals surface area contributed by atoms with E-state index in [2.05, 4.69) is 46.1 Å². The molecule has 0 amide bonds. The van der Waals surface area contributed by atoms with Crippen molar-refractivity contribution in [1.82, 2.24) is 14.9 Å². The number of hydrogen-bond donors (Lipinski definition) is 1. The standard InChI is InChI=1S/C15H27N5O/c1-5-16-13-8-15(18-14(17-13)11-21-4)20(3)10-12-6-7-19(2)9-12/h8,12H,5-7,9-11H2,1-4H3,(H,16,17,18). The zero-order valence-corrected chi connectivity index (χ0v) is 13.6. The van der Waals surface area contributed by atoms with E-state index in [4.69, 9.17) is 4.74 Å². The zero-order valence-electron chi connectivity index (χ0n) is 13.6. The third-order valence-electron chi connectivity index (χ3n) is 3.80. The van der Waals surface area contributed by atoms with Gasteiger partial charge in [0, 0.05) is 39.9 Å². The molecule has 0 aliphatic carbocycles. The third-order valence-corrected chi connectivity index (χ3v) is 3.80. The van der Waals surface area contributed by atoms with Crippen LogP contribution >= 0.6 is 0 Å². The van der Waals surface area contributed by atoms with E-state index in [1.807, 2.05) is 6.07 Å². The van der Waals surface area contributed by atoms with Gasteiger partial charge < -0.3 is 19.9 Å². The van der Waals surface area contributed by atoms with Crippen LogP contribution in [0.4, 0.5) is 11.6 Å². The normalized spacial score (nSPS) is 19.0. The highest BCUT2D eigenvalue weighted by Gasteiger charge is 2.21. The predicted octanol–water partition coefficient (Wildman–Crippen LogP) is 1.44. The molecule has 1 saturated heterocycles. The van der Waals surface area contributed by atoms with Crippen LogP contribution in [0.3, 0.4) is 0 Å². The van der Waals surface area contributed by atoms with Crippen LogP contribution in [0.5, 0.6) is 0 Å². The van der Waals surface area contributed by atoms with Crippen LogP contribution in [-0.4, -0.2) is 62.3 Å². The first kappa shape index (κ1) is 16.0. The Labute approximate surface area is 127 Å². The largest absolute Gasteiger partial charge is 0.377 e. The molecule has 1 fully saturated rings. The second kappa shape index (κ2) is 7.56. The van der Waals surface area contributed by atoms with Crippen molar-refractivity contribution >= 4 is 11.6 Å². The first-order valence-electron chi connectivity index (χ1n) is 7.62. The van der Waals surface area contributed by atoms with Gasteiger partial charge in [-0.15, -0.1) is 0 Å². The molecule has 1 aliphatic rings. The molecule has 1 atom stereocenters. The molecule has 0 saturated carbocycles. The van der Waals surface area contributed by atoms with Crippen LogP contribution in [0, 0.1) is 5.92 Å². The van der Waals surface area contributed by atoms with E-state index < -0.39 is 0 Å². The van der Waals surface area contributed by atoms with E-state index in [1.165, 1.54) is 19.5 Å². The molecule has 2 rings (SSSR count). The summed E-state index contributed by atoms with van der Waals surface area (Å²) in [5.74, 6) is 3.26. The molecule has 0 spiro atoms. The summed E-state index contributed by atoms with van der Waals surface area (Å²) in [6.07, 6.45) is 1.26. The van der Waals surface area contributed by atoms with E-state index in [1.54, 1.807) is 7.11 Å². The van der Waals surface area contributed by atoms with Gasteiger partial charge in [-0.1, -0.05) is 0 Å². The van der Waals surface area contributed by atoms with Gasteiger partial charge in [0.25, 0.3) is 0 Å². The minimum Gasteiger partial charge on any atom is -0.377 e. The SMILES string of the molecule is CCNc1cc(N(C)CC2CCN(C)C2)nc(COC)n1. The molecule has 0 aromatic carbocycles. The van der Waals surface area contributed by atoms with E-state index in [-0.39, 0.29) is 0 Å². The van der Waals surface area contributed by atoms with E-state index in [0.717, 1.165) is 30.5 Å². The van der Waals surface area contributed by atoms with Crippen LogP contribution in [0.1, 0.15) is 19.2 Å². The fourth-order valence-electron chi connectivity index (χ4n) is 2.80. The van der Waals surface area contributed by atoms with E-state index in [9.17, 15) is 0 Å². The molecule has 21 heavy (non-hydrogen) atoms. The lowest BCUT2D eigenvalue weighted by molar-refractivity contribution is 0.178. The van der Waals surface area contributed by atoms with Gasteiger partial charge >= 0.3 is 0 Å². The second-order valence-electron chi connectivity index (χ2n) is 5.79. The van der Waals surface area contributed by atoms with Crippen molar-refractivity contribution in [2.75, 3.05) is 57.6 Å². The number of ether oxygens (including phenoxy) is 1. The van der Waals surface area contributed by atoms with Crippen molar-refractivity contribution in [3.8, 4) is 0 Å². The maximum Gasteiger partial charge on any atom is 0.158 e. The summed E-state index contributed by atoms with van der Waals surface area (Å²) >= 11 is 0. The fourth-order valence-corrected chi connectivity index (χ4v) is 2.80. The van der Waals surface area contributed by atoms with Crippen molar-refractivity contribution in [1.29, 1.82) is 0 Å². The highest BCUT2D eigenvalue weighted by molar-refractivity contribution is 5.49. The van der Waals surface area contributed by atoms with E-state index in [0.29, 0.717) is 12.5 Å². The Kier molecular flexibility index (Phi) is 5.76. The minimum atomic E-state index is 0.437. The molecule has 0 bridgehead atoms. The lowest BCUT2D eigenvalue weighted by Gasteiger charge is -2.23. The maximum atomic E-state index is 5.17. The van der Waals surface area contributed by atoms with Crippen molar-refractivity contribution in [3.63, 3.8) is 0 Å². The number of hydrogen-bond acceptors (Lipinski definition) is 6. The lowest BCUT2D eigenvalue weighted by Crippen LogP contribution is -2.28. The summed E-state index contributed by atoms with van der Waals surface area (Å²) in [5.41, 5.74) is 0. The lowest BCUT2D eigenvalue weighted by atomic mass is 10.1. The maximum absolute atomic E-state index is 5.17. The molecule has 1 aliphatic heterocycles. The number of rotatable bonds is 7. The topological polar surface area (TPSA) is 53.5 Å². The summed E-state index contributed by atoms with van der Waals surface area (Å²) in [4.78, 5) is 13.7. The van der Waals surface area contributed by atoms with Crippen molar-refractivity contribution in [2.24, 2.45) is 5.92 Å². The Balaban J connectivity index is 2.08. The average Bonchev–Trinajstić information content (AvgIpc) is 2.84. The molecule has 1 N–H and O–H groups in total. The number of methoxy groups -OCH3 is 1. The van der Waals surface area contributed by atoms with Crippen molar-refractivity contribution in [2.45, 2.75) is 20.0 Å². The number of nitrogens with zero attached hydrogens (tertiary/aromatic N) is 4. The van der Waals surface area contributed by atoms with Crippen LogP contribution in [0.2, 0.25) is 0 Å². The Morgan fingerprint density at radius 3 is 2.90 bits per heavy atom. The molecule has 0 radical (unpaired) electrons. The predicted molar refractivity (Wildman–Crippen MR) is 85.8 cm³/mol. The van der Waals surface area contributed by atoms with Gasteiger partial charge in [-0.3, -0.25) is 0 Å². The van der Waals surface area contributed by atoms with Gasteiger partial charge in [0.05, 0.1) is 0 Å². The zero-order chi connectivity index (χ0) is 15.2. The molecule has 1 aromatic heterocycles. The molecule has 6 heteroatoms. The van der Waals surface area contributed by atoms with Crippen molar-refractivity contribution in [3.05, 3.63) is 11.9 Å². The van der Waals surface area contributed by atoms with Gasteiger partial charge in [0.15, 0.2) is 5.82 Å². The Morgan fingerprint density at radius 1 is 1.48 bits per heavy atom. The van der Waals surface area contributed by atoms with E-state index >= 15 is 0 Å². The number of aromatic nitrogens is 2. The smallest absolute Gasteiger partial charge is 0.158 e. The van der Waals surface area contributed by atoms with Crippen LogP contribution in [0.25, 0.3) is 0 Å². The summed E-state index contributed by atoms with van der Waals surface area (Å²) in [6.45, 7) is 6.74. The van der Waals surface area contributed by atoms with Gasteiger partial charge in [-0.25, -0.2) is 9.97 Å². The first-order valence-corrected chi connectivity index (χ1v) is 7.62. The molecule has 1 aromatic rings. The summed E-state index contributed by atoms with van der Waals surface area (Å²) < 4.78 is 5.17. The van der Waals surface area contributed by atoms with Crippen LogP contribution in [-0.2, 0) is 11.3 Å². The summed E-state index contributed by atoms with van der Waals surface area (Å²) in [6, 6.07) is 2.02. The van der Waals surface area contributed by atoms with Gasteiger partial charge in [0.1, 0.15) is 18.2 Å². The quantitative estimate of drug-likeness (QED) is 0.821. The van der Waals surface area contributed by atoms with Crippen LogP contribution in [0.15, 0.2) is 6.07 Å². The highest BCUT2D eigenvalue weighted by Crippen LogP contribution is 2.20. The molecule has 2 heterocycles. The number of likely N-dealkylation sites (tertiary alicyclic amines) is 1. The third kappa shape index (κ3) is 4.54. The van der Waals surface area contributed by atoms with Gasteiger partial charge in [-0.2, -0.15) is 0 Å². The molecular weight excluding hydrogens is 266 g/mol. The molecule has 118 valence electrons. The Morgan fingerprint density at radius 2 is 2.29 bits per heavy atom. The summed E-state index contributed by atoms with van der Waals surface area (Å²) in [5, 5.41) is 3.26. The number of anilines is 2. The Hall–Kier alpha value is -1.40. The monoisotopic (exact) mass is 293 g/mol. The summed E-state index contributed by atoms with van der Waals surface area (Å²) in [7, 11) is 5.96. The average molecular weight is 293 g/mol. The highest BCUT2D eigenvalue weighted by atomic mass is 16.5. The van der Waals surface area contributed by atoms with Crippen molar-refractivity contribution < 1.29 is 4.74 Å². The van der Waals surface area contributed by atoms with Gasteiger partial charge in [-0.05, 0) is 32.9 Å². The fraction of sp³-hybridized carbons (Fsp3) is 0.733. The molecule has 1 unspecified atom stereocenters. The van der Waals surface area contributed by atoms with Gasteiger partial charge in [0.2, 0.25) is 0 Å². The Bertz CT molecular complexity index is 429. The number of nitrogens with one attached hydrogen (secondary N) is 1. The van der Waals surface area contributed by atoms with Crippen LogP contribution < -0.4 is 10.2 Å². The molecule has 6 nitrogen and oxygen atoms in total.